The Hall–Kier alpha value is -1.83. The highest BCUT2D eigenvalue weighted by Crippen LogP contribution is 2.20. The van der Waals surface area contributed by atoms with Gasteiger partial charge in [-0.2, -0.15) is 0 Å². The van der Waals surface area contributed by atoms with E-state index in [-0.39, 0.29) is 25.0 Å². The minimum absolute atomic E-state index is 0.0791. The summed E-state index contributed by atoms with van der Waals surface area (Å²) in [4.78, 5) is 36.0. The molecule has 8 heteroatoms. The fourth-order valence-corrected chi connectivity index (χ4v) is 2.43. The van der Waals surface area contributed by atoms with Crippen LogP contribution in [0.2, 0.25) is 0 Å². The van der Waals surface area contributed by atoms with E-state index >= 15 is 0 Å². The third kappa shape index (κ3) is 4.59. The molecule has 1 aliphatic rings. The molecule has 3 unspecified atom stereocenters. The van der Waals surface area contributed by atoms with E-state index in [0.29, 0.717) is 6.42 Å². The summed E-state index contributed by atoms with van der Waals surface area (Å²) in [6.07, 6.45) is 0.428. The second-order valence-corrected chi connectivity index (χ2v) is 5.69. The van der Waals surface area contributed by atoms with E-state index in [9.17, 15) is 14.4 Å². The molecule has 1 rings (SSSR count). The first-order valence-electron chi connectivity index (χ1n) is 6.87. The number of likely N-dealkylation sites (N-methyl/N-ethyl adjacent to an activating group) is 1. The Kier molecular flexibility index (Phi) is 5.95. The summed E-state index contributed by atoms with van der Waals surface area (Å²) in [5, 5.41) is 11.6. The maximum absolute atomic E-state index is 12.5. The highest BCUT2D eigenvalue weighted by molar-refractivity contribution is 5.87. The number of nitrogens with zero attached hydrogens (tertiary/aromatic N) is 1. The van der Waals surface area contributed by atoms with Gasteiger partial charge in [0.15, 0.2) is 0 Å². The summed E-state index contributed by atoms with van der Waals surface area (Å²) in [5.41, 5.74) is 5.10. The number of nitrogens with one attached hydrogen (secondary N) is 1. The molecule has 0 spiro atoms. The molecule has 3 atom stereocenters. The standard InChI is InChI=1S/C13H23N3O5/c1-7(2)4-9(15-13(14)20)11(17)16(3)10-6-21-5-8(10)12(18)19/h7-10H,4-6H2,1-3H3,(H,18,19)(H3,14,15,20). The molecule has 1 aliphatic heterocycles. The van der Waals surface area contributed by atoms with Gasteiger partial charge in [-0.1, -0.05) is 13.8 Å². The highest BCUT2D eigenvalue weighted by atomic mass is 16.5. The van der Waals surface area contributed by atoms with Crippen LogP contribution >= 0.6 is 0 Å². The molecule has 0 aromatic heterocycles. The average Bonchev–Trinajstić information content (AvgIpc) is 2.84. The SMILES string of the molecule is CC(C)CC(NC(N)=O)C(=O)N(C)C1COCC1C(=O)O. The molecular formula is C13H23N3O5. The Morgan fingerprint density at radius 2 is 2.00 bits per heavy atom. The van der Waals surface area contributed by atoms with Crippen molar-refractivity contribution in [1.82, 2.24) is 10.2 Å². The molecule has 8 nitrogen and oxygen atoms in total. The molecule has 0 aromatic rings. The van der Waals surface area contributed by atoms with Crippen LogP contribution in [-0.4, -0.2) is 60.3 Å². The first-order chi connectivity index (χ1) is 9.73. The number of rotatable bonds is 6. The van der Waals surface area contributed by atoms with Gasteiger partial charge < -0.3 is 25.8 Å². The van der Waals surface area contributed by atoms with Crippen LogP contribution in [0, 0.1) is 11.8 Å². The summed E-state index contributed by atoms with van der Waals surface area (Å²) in [6, 6.07) is -2.08. The van der Waals surface area contributed by atoms with Crippen LogP contribution in [-0.2, 0) is 14.3 Å². The van der Waals surface area contributed by atoms with E-state index in [0.717, 1.165) is 0 Å². The van der Waals surface area contributed by atoms with Gasteiger partial charge >= 0.3 is 12.0 Å². The molecule has 0 aliphatic carbocycles. The van der Waals surface area contributed by atoms with Crippen molar-refractivity contribution in [1.29, 1.82) is 0 Å². The Morgan fingerprint density at radius 1 is 1.38 bits per heavy atom. The van der Waals surface area contributed by atoms with E-state index in [1.807, 2.05) is 13.8 Å². The number of carboxylic acid groups (broad SMARTS) is 1. The molecule has 1 heterocycles. The lowest BCUT2D eigenvalue weighted by Gasteiger charge is -2.30. The third-order valence-corrected chi connectivity index (χ3v) is 3.53. The highest BCUT2D eigenvalue weighted by Gasteiger charge is 2.40. The van der Waals surface area contributed by atoms with Gasteiger partial charge in [0.05, 0.1) is 19.3 Å². The predicted octanol–water partition coefficient (Wildman–Crippen LogP) is -0.373. The van der Waals surface area contributed by atoms with Gasteiger partial charge in [0, 0.05) is 7.05 Å². The number of aliphatic carboxylic acids is 1. The van der Waals surface area contributed by atoms with Gasteiger partial charge in [0.1, 0.15) is 12.0 Å². The molecule has 120 valence electrons. The van der Waals surface area contributed by atoms with Crippen molar-refractivity contribution in [2.45, 2.75) is 32.4 Å². The first-order valence-corrected chi connectivity index (χ1v) is 6.87. The van der Waals surface area contributed by atoms with Gasteiger partial charge in [-0.25, -0.2) is 4.79 Å². The van der Waals surface area contributed by atoms with Crippen molar-refractivity contribution < 1.29 is 24.2 Å². The largest absolute Gasteiger partial charge is 0.481 e. The Balaban J connectivity index is 2.81. The summed E-state index contributed by atoms with van der Waals surface area (Å²) >= 11 is 0. The number of urea groups is 1. The molecule has 21 heavy (non-hydrogen) atoms. The van der Waals surface area contributed by atoms with Gasteiger partial charge in [-0.3, -0.25) is 9.59 Å². The zero-order chi connectivity index (χ0) is 16.2. The molecule has 0 bridgehead atoms. The molecular weight excluding hydrogens is 278 g/mol. The monoisotopic (exact) mass is 301 g/mol. The number of carbonyl (C=O) groups excluding carboxylic acids is 2. The minimum Gasteiger partial charge on any atom is -0.481 e. The molecule has 0 radical (unpaired) electrons. The van der Waals surface area contributed by atoms with E-state index < -0.39 is 30.0 Å². The van der Waals surface area contributed by atoms with Crippen LogP contribution in [0.1, 0.15) is 20.3 Å². The summed E-state index contributed by atoms with van der Waals surface area (Å²) in [5.74, 6) is -1.94. The normalized spacial score (nSPS) is 22.9. The number of nitrogens with two attached hydrogens (primary N) is 1. The number of primary amides is 1. The van der Waals surface area contributed by atoms with Crippen molar-refractivity contribution in [3.05, 3.63) is 0 Å². The van der Waals surface area contributed by atoms with E-state index in [4.69, 9.17) is 15.6 Å². The van der Waals surface area contributed by atoms with Gasteiger partial charge in [-0.15, -0.1) is 0 Å². The molecule has 4 N–H and O–H groups in total. The number of hydrogen-bond donors (Lipinski definition) is 3. The number of amides is 3. The quantitative estimate of drug-likeness (QED) is 0.617. The topological polar surface area (TPSA) is 122 Å². The van der Waals surface area contributed by atoms with Crippen molar-refractivity contribution in [2.75, 3.05) is 20.3 Å². The van der Waals surface area contributed by atoms with Gasteiger partial charge in [0.2, 0.25) is 5.91 Å². The van der Waals surface area contributed by atoms with Crippen LogP contribution in [0.4, 0.5) is 4.79 Å². The maximum atomic E-state index is 12.5. The fourth-order valence-electron chi connectivity index (χ4n) is 2.43. The van der Waals surface area contributed by atoms with E-state index in [1.54, 1.807) is 0 Å². The van der Waals surface area contributed by atoms with Crippen molar-refractivity contribution in [2.24, 2.45) is 17.6 Å². The maximum Gasteiger partial charge on any atom is 0.312 e. The molecule has 0 aromatic carbocycles. The van der Waals surface area contributed by atoms with E-state index in [1.165, 1.54) is 11.9 Å². The molecule has 0 saturated carbocycles. The van der Waals surface area contributed by atoms with Crippen LogP contribution in [0.15, 0.2) is 0 Å². The average molecular weight is 301 g/mol. The lowest BCUT2D eigenvalue weighted by atomic mass is 9.99. The van der Waals surface area contributed by atoms with E-state index in [2.05, 4.69) is 5.32 Å². The lowest BCUT2D eigenvalue weighted by molar-refractivity contribution is -0.145. The second kappa shape index (κ2) is 7.26. The van der Waals surface area contributed by atoms with Gasteiger partial charge in [0.25, 0.3) is 0 Å². The van der Waals surface area contributed by atoms with Crippen LogP contribution in [0.5, 0.6) is 0 Å². The van der Waals surface area contributed by atoms with Crippen LogP contribution in [0.25, 0.3) is 0 Å². The van der Waals surface area contributed by atoms with Crippen molar-refractivity contribution in [3.8, 4) is 0 Å². The first kappa shape index (κ1) is 17.2. The molecule has 3 amide bonds. The molecule has 1 fully saturated rings. The predicted molar refractivity (Wildman–Crippen MR) is 74.5 cm³/mol. The summed E-state index contributed by atoms with van der Waals surface area (Å²) in [7, 11) is 1.52. The lowest BCUT2D eigenvalue weighted by Crippen LogP contribution is -2.54. The molecule has 1 saturated heterocycles. The van der Waals surface area contributed by atoms with Gasteiger partial charge in [-0.05, 0) is 12.3 Å². The third-order valence-electron chi connectivity index (χ3n) is 3.53. The van der Waals surface area contributed by atoms with Crippen molar-refractivity contribution in [3.63, 3.8) is 0 Å². The number of carboxylic acids is 1. The zero-order valence-corrected chi connectivity index (χ0v) is 12.5. The number of ether oxygens (including phenoxy) is 1. The Morgan fingerprint density at radius 3 is 2.48 bits per heavy atom. The smallest absolute Gasteiger partial charge is 0.312 e. The van der Waals surface area contributed by atoms with Crippen LogP contribution in [0.3, 0.4) is 0 Å². The number of hydrogen-bond acceptors (Lipinski definition) is 4. The Labute approximate surface area is 123 Å². The van der Waals surface area contributed by atoms with Crippen LogP contribution < -0.4 is 11.1 Å². The van der Waals surface area contributed by atoms with Crippen molar-refractivity contribution >= 4 is 17.9 Å². The summed E-state index contributed by atoms with van der Waals surface area (Å²) in [6.45, 7) is 4.09. The minimum atomic E-state index is -1.000. The fraction of sp³-hybridized carbons (Fsp3) is 0.769. The summed E-state index contributed by atoms with van der Waals surface area (Å²) < 4.78 is 5.16. The number of carbonyl (C=O) groups is 3. The Bertz CT molecular complexity index is 413. The second-order valence-electron chi connectivity index (χ2n) is 5.69. The zero-order valence-electron chi connectivity index (χ0n) is 12.5.